The van der Waals surface area contributed by atoms with Crippen molar-refractivity contribution >= 4 is 39.4 Å². The molecule has 1 saturated heterocycles. The van der Waals surface area contributed by atoms with Crippen LogP contribution in [0.1, 0.15) is 35.7 Å². The van der Waals surface area contributed by atoms with Crippen LogP contribution in [0.15, 0.2) is 11.4 Å². The monoisotopic (exact) mass is 481 g/mol. The van der Waals surface area contributed by atoms with Crippen molar-refractivity contribution in [1.29, 1.82) is 0 Å². The van der Waals surface area contributed by atoms with Gasteiger partial charge in [-0.1, -0.05) is 0 Å². The number of piperidine rings is 1. The van der Waals surface area contributed by atoms with Crippen LogP contribution in [0, 0.1) is 0 Å². The molecule has 1 aliphatic rings. The largest absolute Gasteiger partial charge is 0.465 e. The SMILES string of the molecule is COC(=O)c1csc2c(C(F)(F)F)cc(N3CCC(OC(=O)NC(C)C(F)F)CC3)nc12. The predicted molar refractivity (Wildman–Crippen MR) is 106 cm³/mol. The summed E-state index contributed by atoms with van der Waals surface area (Å²) in [5, 5.41) is 3.31. The van der Waals surface area contributed by atoms with Crippen LogP contribution < -0.4 is 10.2 Å². The van der Waals surface area contributed by atoms with Crippen molar-refractivity contribution in [2.45, 2.75) is 44.5 Å². The molecule has 0 aliphatic carbocycles. The number of nitrogens with one attached hydrogen (secondary N) is 1. The summed E-state index contributed by atoms with van der Waals surface area (Å²) in [6.07, 6.45) is -8.41. The van der Waals surface area contributed by atoms with Crippen molar-refractivity contribution in [3.63, 3.8) is 0 Å². The Hall–Kier alpha value is -2.70. The molecule has 1 N–H and O–H groups in total. The van der Waals surface area contributed by atoms with Crippen LogP contribution in [0.3, 0.4) is 0 Å². The van der Waals surface area contributed by atoms with E-state index in [2.05, 4.69) is 9.72 Å². The number of esters is 1. The van der Waals surface area contributed by atoms with Crippen LogP contribution in [0.2, 0.25) is 0 Å². The van der Waals surface area contributed by atoms with Crippen molar-refractivity contribution in [3.05, 3.63) is 22.6 Å². The van der Waals surface area contributed by atoms with Gasteiger partial charge in [-0.25, -0.2) is 23.4 Å². The molecule has 0 aromatic carbocycles. The molecule has 3 rings (SSSR count). The van der Waals surface area contributed by atoms with E-state index < -0.39 is 42.4 Å². The van der Waals surface area contributed by atoms with Gasteiger partial charge in [0, 0.05) is 31.3 Å². The molecular formula is C19H20F5N3O4S. The summed E-state index contributed by atoms with van der Waals surface area (Å²) in [5.74, 6) is -0.757. The van der Waals surface area contributed by atoms with E-state index in [0.29, 0.717) is 0 Å². The lowest BCUT2D eigenvalue weighted by atomic mass is 10.1. The molecule has 176 valence electrons. The number of nitrogens with zero attached hydrogens (tertiary/aromatic N) is 2. The van der Waals surface area contributed by atoms with Crippen LogP contribution in [0.5, 0.6) is 0 Å². The summed E-state index contributed by atoms with van der Waals surface area (Å²) in [7, 11) is 1.13. The number of anilines is 1. The summed E-state index contributed by atoms with van der Waals surface area (Å²) < 4.78 is 75.6. The summed E-state index contributed by atoms with van der Waals surface area (Å²) >= 11 is 0.761. The molecular weight excluding hydrogens is 461 g/mol. The highest BCUT2D eigenvalue weighted by Crippen LogP contribution is 2.40. The number of carbonyl (C=O) groups excluding carboxylic acids is 2. The van der Waals surface area contributed by atoms with Gasteiger partial charge in [0.25, 0.3) is 6.43 Å². The third kappa shape index (κ3) is 5.19. The predicted octanol–water partition coefficient (Wildman–Crippen LogP) is 4.45. The lowest BCUT2D eigenvalue weighted by molar-refractivity contribution is -0.136. The van der Waals surface area contributed by atoms with Gasteiger partial charge in [-0.3, -0.25) is 0 Å². The number of ether oxygens (including phenoxy) is 2. The Labute approximate surface area is 183 Å². The Kier molecular flexibility index (Phi) is 7.06. The average Bonchev–Trinajstić information content (AvgIpc) is 3.16. The van der Waals surface area contributed by atoms with Gasteiger partial charge in [-0.2, -0.15) is 13.2 Å². The fourth-order valence-corrected chi connectivity index (χ4v) is 4.27. The van der Waals surface area contributed by atoms with Crippen LogP contribution >= 0.6 is 11.3 Å². The molecule has 1 atom stereocenters. The van der Waals surface area contributed by atoms with Crippen molar-refractivity contribution < 1.29 is 41.0 Å². The maximum Gasteiger partial charge on any atom is 0.417 e. The minimum Gasteiger partial charge on any atom is -0.465 e. The normalized spacial score (nSPS) is 16.3. The summed E-state index contributed by atoms with van der Waals surface area (Å²) in [6, 6.07) is -0.438. The Morgan fingerprint density at radius 3 is 2.50 bits per heavy atom. The Morgan fingerprint density at radius 1 is 1.28 bits per heavy atom. The van der Waals surface area contributed by atoms with Crippen LogP contribution in [0.4, 0.5) is 32.6 Å². The van der Waals surface area contributed by atoms with E-state index in [1.807, 2.05) is 5.32 Å². The maximum atomic E-state index is 13.7. The molecule has 3 heterocycles. The minimum atomic E-state index is -4.66. The van der Waals surface area contributed by atoms with E-state index in [9.17, 15) is 31.5 Å². The van der Waals surface area contributed by atoms with Gasteiger partial charge in [0.05, 0.1) is 34.5 Å². The average molecular weight is 481 g/mol. The van der Waals surface area contributed by atoms with Gasteiger partial charge in [-0.15, -0.1) is 11.3 Å². The second-order valence-corrected chi connectivity index (χ2v) is 8.08. The molecule has 2 aromatic heterocycles. The molecule has 7 nitrogen and oxygen atoms in total. The number of halogens is 5. The summed E-state index contributed by atoms with van der Waals surface area (Å²) in [6.45, 7) is 1.58. The molecule has 0 saturated carbocycles. The topological polar surface area (TPSA) is 80.8 Å². The number of pyridine rings is 1. The number of rotatable bonds is 5. The van der Waals surface area contributed by atoms with Gasteiger partial charge in [0.15, 0.2) is 0 Å². The third-order valence-electron chi connectivity index (χ3n) is 4.98. The fraction of sp³-hybridized carbons (Fsp3) is 0.526. The van der Waals surface area contributed by atoms with Crippen LogP contribution in [0.25, 0.3) is 10.2 Å². The quantitative estimate of drug-likeness (QED) is 0.502. The number of carbonyl (C=O) groups is 2. The summed E-state index contributed by atoms with van der Waals surface area (Å²) in [4.78, 5) is 29.5. The number of alkyl halides is 5. The number of thiophene rings is 1. The smallest absolute Gasteiger partial charge is 0.417 e. The molecule has 13 heteroatoms. The number of amides is 1. The van der Waals surface area contributed by atoms with E-state index in [-0.39, 0.29) is 47.5 Å². The van der Waals surface area contributed by atoms with Gasteiger partial charge in [-0.05, 0) is 13.0 Å². The zero-order chi connectivity index (χ0) is 23.6. The highest BCUT2D eigenvalue weighted by Gasteiger charge is 2.36. The van der Waals surface area contributed by atoms with Gasteiger partial charge < -0.3 is 19.7 Å². The number of hydrogen-bond donors (Lipinski definition) is 1. The number of methoxy groups -OCH3 is 1. The van der Waals surface area contributed by atoms with E-state index in [1.54, 1.807) is 4.90 Å². The standard InChI is InChI=1S/C19H20F5N3O4S/c1-9(16(20)21)25-18(29)31-10-3-5-27(6-4-10)13-7-12(19(22,23)24)15-14(26-13)11(8-32-15)17(28)30-2/h7-10,16H,3-6H2,1-2H3,(H,25,29). The molecule has 0 radical (unpaired) electrons. The van der Waals surface area contributed by atoms with Gasteiger partial charge in [0.2, 0.25) is 0 Å². The lowest BCUT2D eigenvalue weighted by Gasteiger charge is -2.33. The first-order valence-corrected chi connectivity index (χ1v) is 10.5. The second-order valence-electron chi connectivity index (χ2n) is 7.20. The highest BCUT2D eigenvalue weighted by molar-refractivity contribution is 7.17. The Morgan fingerprint density at radius 2 is 1.94 bits per heavy atom. The zero-order valence-electron chi connectivity index (χ0n) is 17.0. The van der Waals surface area contributed by atoms with E-state index >= 15 is 0 Å². The minimum absolute atomic E-state index is 0.0302. The molecule has 0 bridgehead atoms. The second kappa shape index (κ2) is 9.43. The fourth-order valence-electron chi connectivity index (χ4n) is 3.26. The summed E-state index contributed by atoms with van der Waals surface area (Å²) in [5.41, 5.74) is -1.05. The van der Waals surface area contributed by atoms with Crippen molar-refractivity contribution in [3.8, 4) is 0 Å². The Bertz CT molecular complexity index is 989. The molecule has 32 heavy (non-hydrogen) atoms. The van der Waals surface area contributed by atoms with E-state index in [4.69, 9.17) is 4.74 Å². The van der Waals surface area contributed by atoms with Crippen LogP contribution in [-0.4, -0.2) is 55.8 Å². The van der Waals surface area contributed by atoms with E-state index in [0.717, 1.165) is 31.4 Å². The van der Waals surface area contributed by atoms with Crippen molar-refractivity contribution in [2.24, 2.45) is 0 Å². The van der Waals surface area contributed by atoms with Crippen molar-refractivity contribution in [2.75, 3.05) is 25.1 Å². The molecule has 1 fully saturated rings. The van der Waals surface area contributed by atoms with Crippen LogP contribution in [-0.2, 0) is 15.7 Å². The zero-order valence-corrected chi connectivity index (χ0v) is 17.9. The van der Waals surface area contributed by atoms with Crippen molar-refractivity contribution in [1.82, 2.24) is 10.3 Å². The number of aromatic nitrogens is 1. The number of hydrogen-bond acceptors (Lipinski definition) is 7. The maximum absolute atomic E-state index is 13.7. The third-order valence-corrected chi connectivity index (χ3v) is 5.99. The first-order chi connectivity index (χ1) is 15.0. The molecule has 1 amide bonds. The molecule has 0 spiro atoms. The number of alkyl carbamates (subject to hydrolysis) is 1. The molecule has 2 aromatic rings. The Balaban J connectivity index is 1.77. The molecule has 1 unspecified atom stereocenters. The first-order valence-electron chi connectivity index (χ1n) is 9.59. The van der Waals surface area contributed by atoms with E-state index in [1.165, 1.54) is 5.38 Å². The van der Waals surface area contributed by atoms with Gasteiger partial charge in [0.1, 0.15) is 11.9 Å². The number of fused-ring (bicyclic) bond motifs is 1. The molecule has 1 aliphatic heterocycles. The first kappa shape index (κ1) is 24.0. The highest BCUT2D eigenvalue weighted by atomic mass is 32.1. The van der Waals surface area contributed by atoms with Gasteiger partial charge >= 0.3 is 18.2 Å². The lowest BCUT2D eigenvalue weighted by Crippen LogP contribution is -2.43.